The molecule has 0 fully saturated rings. The maximum Gasteiger partial charge on any atom is 0.306 e. The van der Waals surface area contributed by atoms with Gasteiger partial charge in [-0.2, -0.15) is 0 Å². The maximum atomic E-state index is 12.9. The Morgan fingerprint density at radius 1 is 0.259 bits per heavy atom. The van der Waals surface area contributed by atoms with Crippen molar-refractivity contribution < 1.29 is 28.6 Å². The van der Waals surface area contributed by atoms with E-state index in [9.17, 15) is 14.4 Å². The van der Waals surface area contributed by atoms with Gasteiger partial charge in [-0.05, 0) is 83.5 Å². The van der Waals surface area contributed by atoms with Crippen molar-refractivity contribution in [1.29, 1.82) is 0 Å². The number of esters is 3. The zero-order valence-electron chi connectivity index (χ0n) is 54.3. The summed E-state index contributed by atoms with van der Waals surface area (Å²) in [7, 11) is 0. The highest BCUT2D eigenvalue weighted by atomic mass is 16.6. The first-order valence-corrected chi connectivity index (χ1v) is 35.8. The van der Waals surface area contributed by atoms with Crippen LogP contribution in [0.25, 0.3) is 0 Å². The zero-order chi connectivity index (χ0) is 58.5. The molecule has 0 spiro atoms. The lowest BCUT2D eigenvalue weighted by molar-refractivity contribution is -0.167. The third-order valence-electron chi connectivity index (χ3n) is 16.0. The molecule has 0 aromatic carbocycles. The van der Waals surface area contributed by atoms with Crippen LogP contribution in [0.15, 0.2) is 60.8 Å². The first-order chi connectivity index (χ1) is 40.0. The van der Waals surface area contributed by atoms with Crippen molar-refractivity contribution in [3.63, 3.8) is 0 Å². The predicted octanol–water partition coefficient (Wildman–Crippen LogP) is 24.7. The van der Waals surface area contributed by atoms with E-state index in [0.29, 0.717) is 19.3 Å². The average molecular weight is 1130 g/mol. The van der Waals surface area contributed by atoms with E-state index in [1.807, 2.05) is 0 Å². The van der Waals surface area contributed by atoms with E-state index >= 15 is 0 Å². The molecule has 0 aromatic rings. The summed E-state index contributed by atoms with van der Waals surface area (Å²) in [5, 5.41) is 0. The van der Waals surface area contributed by atoms with Crippen LogP contribution in [0.5, 0.6) is 0 Å². The normalized spacial score (nSPS) is 12.4. The first kappa shape index (κ1) is 78.1. The third-order valence-corrected chi connectivity index (χ3v) is 16.0. The van der Waals surface area contributed by atoms with Crippen molar-refractivity contribution >= 4 is 17.9 Å². The zero-order valence-corrected chi connectivity index (χ0v) is 54.3. The summed E-state index contributed by atoms with van der Waals surface area (Å²) in [6.07, 6.45) is 89.9. The molecule has 0 aromatic heterocycles. The first-order valence-electron chi connectivity index (χ1n) is 35.8. The van der Waals surface area contributed by atoms with Crippen molar-refractivity contribution in [3.8, 4) is 0 Å². The number of allylic oxidation sites excluding steroid dienone is 10. The van der Waals surface area contributed by atoms with Gasteiger partial charge in [0, 0.05) is 19.3 Å². The molecular weight excluding hydrogens is 997 g/mol. The molecule has 6 heteroatoms. The van der Waals surface area contributed by atoms with Gasteiger partial charge in [-0.25, -0.2) is 0 Å². The molecule has 0 aliphatic heterocycles. The smallest absolute Gasteiger partial charge is 0.306 e. The van der Waals surface area contributed by atoms with Crippen molar-refractivity contribution in [2.45, 2.75) is 386 Å². The molecule has 472 valence electrons. The largest absolute Gasteiger partial charge is 0.462 e. The fraction of sp³-hybridized carbons (Fsp3) is 0.827. The van der Waals surface area contributed by atoms with Crippen molar-refractivity contribution in [2.24, 2.45) is 0 Å². The minimum absolute atomic E-state index is 0.0862. The Hall–Kier alpha value is -2.89. The molecule has 1 atom stereocenters. The number of carbonyl (C=O) groups is 3. The Morgan fingerprint density at radius 3 is 0.790 bits per heavy atom. The van der Waals surface area contributed by atoms with Crippen molar-refractivity contribution in [1.82, 2.24) is 0 Å². The van der Waals surface area contributed by atoms with Gasteiger partial charge in [0.1, 0.15) is 13.2 Å². The predicted molar refractivity (Wildman–Crippen MR) is 353 cm³/mol. The van der Waals surface area contributed by atoms with Crippen molar-refractivity contribution in [3.05, 3.63) is 60.8 Å². The molecule has 0 saturated carbocycles. The lowest BCUT2D eigenvalue weighted by Crippen LogP contribution is -2.30. The highest BCUT2D eigenvalue weighted by Gasteiger charge is 2.19. The molecule has 1 unspecified atom stereocenters. The van der Waals surface area contributed by atoms with Crippen LogP contribution in [0.4, 0.5) is 0 Å². The second kappa shape index (κ2) is 69.6. The van der Waals surface area contributed by atoms with E-state index in [-0.39, 0.29) is 37.5 Å². The molecule has 0 aliphatic carbocycles. The Bertz CT molecular complexity index is 1440. The van der Waals surface area contributed by atoms with Gasteiger partial charge in [0.15, 0.2) is 6.10 Å². The van der Waals surface area contributed by atoms with Crippen LogP contribution in [-0.2, 0) is 28.6 Å². The minimum Gasteiger partial charge on any atom is -0.462 e. The molecule has 0 aliphatic rings. The number of carbonyl (C=O) groups excluding carboxylic acids is 3. The van der Waals surface area contributed by atoms with Gasteiger partial charge in [0.25, 0.3) is 0 Å². The number of ether oxygens (including phenoxy) is 3. The molecule has 0 rings (SSSR count). The molecule has 81 heavy (non-hydrogen) atoms. The summed E-state index contributed by atoms with van der Waals surface area (Å²) in [5.74, 6) is -0.905. The number of hydrogen-bond acceptors (Lipinski definition) is 6. The molecule has 6 nitrogen and oxygen atoms in total. The van der Waals surface area contributed by atoms with Gasteiger partial charge in [0.05, 0.1) is 0 Å². The van der Waals surface area contributed by atoms with Gasteiger partial charge in [-0.3, -0.25) is 14.4 Å². The molecule has 0 N–H and O–H groups in total. The Kier molecular flexibility index (Phi) is 67.1. The molecule has 0 heterocycles. The monoisotopic (exact) mass is 1130 g/mol. The number of hydrogen-bond donors (Lipinski definition) is 0. The number of rotatable bonds is 66. The van der Waals surface area contributed by atoms with Crippen LogP contribution in [0.1, 0.15) is 380 Å². The molecule has 0 bridgehead atoms. The van der Waals surface area contributed by atoms with Crippen molar-refractivity contribution in [2.75, 3.05) is 13.2 Å². The highest BCUT2D eigenvalue weighted by molar-refractivity contribution is 5.71. The molecule has 0 saturated heterocycles. The molecule has 0 radical (unpaired) electrons. The van der Waals surface area contributed by atoms with E-state index < -0.39 is 6.10 Å². The highest BCUT2D eigenvalue weighted by Crippen LogP contribution is 2.18. The Morgan fingerprint density at radius 2 is 0.481 bits per heavy atom. The summed E-state index contributed by atoms with van der Waals surface area (Å²) in [6.45, 7) is 6.55. The van der Waals surface area contributed by atoms with E-state index in [2.05, 4.69) is 81.5 Å². The fourth-order valence-electron chi connectivity index (χ4n) is 10.7. The van der Waals surface area contributed by atoms with Crippen LogP contribution in [0, 0.1) is 0 Å². The quantitative estimate of drug-likeness (QED) is 0.0261. The third kappa shape index (κ3) is 67.8. The van der Waals surface area contributed by atoms with Crippen LogP contribution in [-0.4, -0.2) is 37.2 Å². The number of unbranched alkanes of at least 4 members (excludes halogenated alkanes) is 45. The summed E-state index contributed by atoms with van der Waals surface area (Å²) in [5.41, 5.74) is 0. The maximum absolute atomic E-state index is 12.9. The van der Waals surface area contributed by atoms with Gasteiger partial charge in [-0.1, -0.05) is 338 Å². The fourth-order valence-corrected chi connectivity index (χ4v) is 10.7. The van der Waals surface area contributed by atoms with Gasteiger partial charge < -0.3 is 14.2 Å². The summed E-state index contributed by atoms with van der Waals surface area (Å²) < 4.78 is 16.9. The molecular formula is C75H136O6. The SMILES string of the molecule is CC/C=C\C/C=C\C/C=C\C/C=C\CCCCC(=O)OC(COC(=O)CCCCCCCCCCCCCCCCC)COC(=O)CCCCCCCCCCCCCCCCCCCCCCC/C=C\CCCCCCCCCC. The van der Waals surface area contributed by atoms with E-state index in [1.165, 1.54) is 257 Å². The summed E-state index contributed by atoms with van der Waals surface area (Å²) in [4.78, 5) is 38.3. The second-order valence-electron chi connectivity index (χ2n) is 24.1. The van der Waals surface area contributed by atoms with Gasteiger partial charge >= 0.3 is 17.9 Å². The van der Waals surface area contributed by atoms with Gasteiger partial charge in [-0.15, -0.1) is 0 Å². The molecule has 0 amide bonds. The average Bonchev–Trinajstić information content (AvgIpc) is 3.47. The lowest BCUT2D eigenvalue weighted by atomic mass is 10.0. The van der Waals surface area contributed by atoms with E-state index in [0.717, 1.165) is 77.0 Å². The van der Waals surface area contributed by atoms with Crippen LogP contribution in [0.2, 0.25) is 0 Å². The Labute approximate surface area is 504 Å². The summed E-state index contributed by atoms with van der Waals surface area (Å²) in [6, 6.07) is 0. The lowest BCUT2D eigenvalue weighted by Gasteiger charge is -2.18. The van der Waals surface area contributed by atoms with Crippen LogP contribution >= 0.6 is 0 Å². The standard InChI is InChI=1S/C75H136O6/c1-4-7-10-13-16-19-22-25-28-29-30-31-32-33-34-35-36-37-38-39-40-41-42-43-44-45-48-50-53-56-59-62-65-68-74(77)80-71-72(81-75(78)69-66-63-60-57-54-51-47-27-24-21-18-15-12-9-6-3)70-79-73(76)67-64-61-58-55-52-49-46-26-23-20-17-14-11-8-5-2/h9,12,18,21,27,29-30,47,54,57,72H,4-8,10-11,13-17,19-20,22-26,28,31-46,48-53,55-56,58-71H2,1-3H3/b12-9-,21-18-,30-29-,47-27-,57-54-. The van der Waals surface area contributed by atoms with E-state index in [4.69, 9.17) is 14.2 Å². The summed E-state index contributed by atoms with van der Waals surface area (Å²) >= 11 is 0. The Balaban J connectivity index is 4.14. The second-order valence-corrected chi connectivity index (χ2v) is 24.1. The van der Waals surface area contributed by atoms with Crippen LogP contribution in [0.3, 0.4) is 0 Å². The van der Waals surface area contributed by atoms with Crippen LogP contribution < -0.4 is 0 Å². The van der Waals surface area contributed by atoms with E-state index in [1.54, 1.807) is 0 Å². The topological polar surface area (TPSA) is 78.9 Å². The van der Waals surface area contributed by atoms with Gasteiger partial charge in [0.2, 0.25) is 0 Å². The minimum atomic E-state index is -0.794.